The van der Waals surface area contributed by atoms with Gasteiger partial charge in [-0.3, -0.25) is 4.79 Å². The van der Waals surface area contributed by atoms with Crippen molar-refractivity contribution in [2.45, 2.75) is 25.3 Å². The molecule has 0 aliphatic heterocycles. The van der Waals surface area contributed by atoms with Crippen LogP contribution in [0.5, 0.6) is 0 Å². The number of rotatable bonds is 3. The van der Waals surface area contributed by atoms with Crippen molar-refractivity contribution in [3.63, 3.8) is 0 Å². The third kappa shape index (κ3) is 4.62. The van der Waals surface area contributed by atoms with Crippen LogP contribution in [-0.2, 0) is 12.4 Å². The highest BCUT2D eigenvalue weighted by Gasteiger charge is 2.37. The van der Waals surface area contributed by atoms with Crippen LogP contribution in [0.25, 0.3) is 0 Å². The number of hydrogen-bond acceptors (Lipinski definition) is 2. The lowest BCUT2D eigenvalue weighted by atomic mass is 10.0. The Labute approximate surface area is 116 Å². The first-order valence-electron chi connectivity index (χ1n) is 5.75. The molecule has 3 nitrogen and oxygen atoms in total. The lowest BCUT2D eigenvalue weighted by Gasteiger charge is -2.15. The van der Waals surface area contributed by atoms with Crippen LogP contribution in [0, 0.1) is 0 Å². The van der Waals surface area contributed by atoms with Gasteiger partial charge in [-0.1, -0.05) is 0 Å². The lowest BCUT2D eigenvalue weighted by Crippen LogP contribution is -2.38. The summed E-state index contributed by atoms with van der Waals surface area (Å²) in [7, 11) is 0. The molecule has 0 saturated carbocycles. The van der Waals surface area contributed by atoms with Gasteiger partial charge in [0.05, 0.1) is 11.1 Å². The SMILES string of the molecule is C[C@@H](CN)NC(=O)c1cc(C(F)(F)F)cc(C(F)(F)F)c1. The molecular formula is C12H12F6N2O. The van der Waals surface area contributed by atoms with Gasteiger partial charge in [0.2, 0.25) is 0 Å². The van der Waals surface area contributed by atoms with Crippen molar-refractivity contribution in [3.8, 4) is 0 Å². The molecule has 0 unspecified atom stereocenters. The molecule has 3 N–H and O–H groups in total. The largest absolute Gasteiger partial charge is 0.416 e. The summed E-state index contributed by atoms with van der Waals surface area (Å²) in [6.45, 7) is 1.47. The third-order valence-corrected chi connectivity index (χ3v) is 2.58. The van der Waals surface area contributed by atoms with Crippen molar-refractivity contribution in [1.29, 1.82) is 0 Å². The summed E-state index contributed by atoms with van der Waals surface area (Å²) in [6.07, 6.45) is -9.98. The van der Waals surface area contributed by atoms with Gasteiger partial charge in [0.1, 0.15) is 0 Å². The van der Waals surface area contributed by atoms with Crippen molar-refractivity contribution < 1.29 is 31.1 Å². The van der Waals surface area contributed by atoms with Crippen molar-refractivity contribution in [2.75, 3.05) is 6.54 Å². The van der Waals surface area contributed by atoms with Crippen LogP contribution in [0.3, 0.4) is 0 Å². The Hall–Kier alpha value is -1.77. The molecule has 9 heteroatoms. The van der Waals surface area contributed by atoms with Crippen LogP contribution < -0.4 is 11.1 Å². The molecule has 0 bridgehead atoms. The van der Waals surface area contributed by atoms with Crippen LogP contribution >= 0.6 is 0 Å². The molecule has 0 aliphatic rings. The zero-order chi connectivity index (χ0) is 16.4. The molecule has 0 saturated heterocycles. The number of hydrogen-bond donors (Lipinski definition) is 2. The van der Waals surface area contributed by atoms with E-state index < -0.39 is 41.0 Å². The van der Waals surface area contributed by atoms with Crippen LogP contribution in [0.15, 0.2) is 18.2 Å². The number of benzene rings is 1. The standard InChI is InChI=1S/C12H12F6N2O/c1-6(5-19)20-10(21)7-2-8(11(13,14)15)4-9(3-7)12(16,17)18/h2-4,6H,5,19H2,1H3,(H,20,21)/t6-/m0/s1. The second-order valence-corrected chi connectivity index (χ2v) is 4.40. The smallest absolute Gasteiger partial charge is 0.348 e. The predicted molar refractivity (Wildman–Crippen MR) is 62.4 cm³/mol. The zero-order valence-corrected chi connectivity index (χ0v) is 10.8. The lowest BCUT2D eigenvalue weighted by molar-refractivity contribution is -0.143. The highest BCUT2D eigenvalue weighted by atomic mass is 19.4. The van der Waals surface area contributed by atoms with Gasteiger partial charge in [0.15, 0.2) is 0 Å². The maximum atomic E-state index is 12.6. The Balaban J connectivity index is 3.29. The van der Waals surface area contributed by atoms with Crippen molar-refractivity contribution in [1.82, 2.24) is 5.32 Å². The fourth-order valence-electron chi connectivity index (χ4n) is 1.45. The average Bonchev–Trinajstić information content (AvgIpc) is 2.35. The number of nitrogens with two attached hydrogens (primary N) is 1. The van der Waals surface area contributed by atoms with Gasteiger partial charge in [-0.25, -0.2) is 0 Å². The molecule has 0 fully saturated rings. The Morgan fingerprint density at radius 3 is 1.86 bits per heavy atom. The fraction of sp³-hybridized carbons (Fsp3) is 0.417. The van der Waals surface area contributed by atoms with Gasteiger partial charge >= 0.3 is 12.4 Å². The van der Waals surface area contributed by atoms with Gasteiger partial charge in [-0.05, 0) is 25.1 Å². The Morgan fingerprint density at radius 2 is 1.52 bits per heavy atom. The second-order valence-electron chi connectivity index (χ2n) is 4.40. The first-order valence-corrected chi connectivity index (χ1v) is 5.75. The van der Waals surface area contributed by atoms with E-state index in [0.717, 1.165) is 0 Å². The molecule has 0 aliphatic carbocycles. The highest BCUT2D eigenvalue weighted by molar-refractivity contribution is 5.94. The van der Waals surface area contributed by atoms with Gasteiger partial charge in [-0.15, -0.1) is 0 Å². The van der Waals surface area contributed by atoms with Crippen molar-refractivity contribution in [3.05, 3.63) is 34.9 Å². The van der Waals surface area contributed by atoms with Crippen LogP contribution in [-0.4, -0.2) is 18.5 Å². The molecule has 0 spiro atoms. The van der Waals surface area contributed by atoms with Gasteiger partial charge in [0.25, 0.3) is 5.91 Å². The number of alkyl halides is 6. The average molecular weight is 314 g/mol. The molecule has 1 aromatic carbocycles. The molecule has 0 heterocycles. The van der Waals surface area contributed by atoms with Crippen molar-refractivity contribution >= 4 is 5.91 Å². The van der Waals surface area contributed by atoms with Crippen LogP contribution in [0.1, 0.15) is 28.4 Å². The molecule has 0 aromatic heterocycles. The minimum Gasteiger partial charge on any atom is -0.348 e. The van der Waals surface area contributed by atoms with E-state index in [4.69, 9.17) is 5.73 Å². The normalized spacial score (nSPS) is 13.9. The maximum absolute atomic E-state index is 12.6. The van der Waals surface area contributed by atoms with Gasteiger partial charge in [0, 0.05) is 18.2 Å². The molecule has 21 heavy (non-hydrogen) atoms. The summed E-state index contributed by atoms with van der Waals surface area (Å²) >= 11 is 0. The molecule has 1 rings (SSSR count). The molecule has 118 valence electrons. The third-order valence-electron chi connectivity index (χ3n) is 2.58. The van der Waals surface area contributed by atoms with E-state index in [1.54, 1.807) is 0 Å². The fourth-order valence-corrected chi connectivity index (χ4v) is 1.45. The second kappa shape index (κ2) is 5.92. The Bertz CT molecular complexity index is 491. The number of amides is 1. The van der Waals surface area contributed by atoms with E-state index in [1.165, 1.54) is 6.92 Å². The first-order chi connectivity index (χ1) is 9.45. The van der Waals surface area contributed by atoms with Crippen LogP contribution in [0.4, 0.5) is 26.3 Å². The van der Waals surface area contributed by atoms with E-state index >= 15 is 0 Å². The Kier molecular flexibility index (Phi) is 4.87. The minimum absolute atomic E-state index is 0.00315. The number of nitrogens with one attached hydrogen (secondary N) is 1. The highest BCUT2D eigenvalue weighted by Crippen LogP contribution is 2.36. The van der Waals surface area contributed by atoms with Crippen molar-refractivity contribution in [2.24, 2.45) is 5.73 Å². The molecule has 0 radical (unpaired) electrons. The Morgan fingerprint density at radius 1 is 1.10 bits per heavy atom. The van der Waals surface area contributed by atoms with E-state index in [2.05, 4.69) is 5.32 Å². The molecule has 1 amide bonds. The monoisotopic (exact) mass is 314 g/mol. The molecule has 1 aromatic rings. The first kappa shape index (κ1) is 17.3. The molecular weight excluding hydrogens is 302 g/mol. The van der Waals surface area contributed by atoms with Gasteiger partial charge in [-0.2, -0.15) is 26.3 Å². The summed E-state index contributed by atoms with van der Waals surface area (Å²) in [5, 5.41) is 2.20. The summed E-state index contributed by atoms with van der Waals surface area (Å²) in [6, 6.07) is 0.117. The quantitative estimate of drug-likeness (QED) is 0.843. The van der Waals surface area contributed by atoms with E-state index in [-0.39, 0.29) is 12.6 Å². The van der Waals surface area contributed by atoms with Crippen LogP contribution in [0.2, 0.25) is 0 Å². The van der Waals surface area contributed by atoms with Gasteiger partial charge < -0.3 is 11.1 Å². The number of carbonyl (C=O) groups is 1. The van der Waals surface area contributed by atoms with E-state index in [0.29, 0.717) is 12.1 Å². The number of carbonyl (C=O) groups excluding carboxylic acids is 1. The minimum atomic E-state index is -4.99. The summed E-state index contributed by atoms with van der Waals surface area (Å²) < 4.78 is 75.7. The summed E-state index contributed by atoms with van der Waals surface area (Å²) in [4.78, 5) is 11.7. The summed E-state index contributed by atoms with van der Waals surface area (Å²) in [5.41, 5.74) is 1.42. The topological polar surface area (TPSA) is 55.1 Å². The van der Waals surface area contributed by atoms with E-state index in [1.807, 2.05) is 0 Å². The van der Waals surface area contributed by atoms with E-state index in [9.17, 15) is 31.1 Å². The molecule has 1 atom stereocenters. The maximum Gasteiger partial charge on any atom is 0.416 e. The zero-order valence-electron chi connectivity index (χ0n) is 10.8. The number of halogens is 6. The summed E-state index contributed by atoms with van der Waals surface area (Å²) in [5.74, 6) is -1.05. The predicted octanol–water partition coefficient (Wildman–Crippen LogP) is 2.80.